The number of carboxylic acids is 1. The SMILES string of the molecule is CCOc1cccc(C(=O)C(=O)O)c1OCc1ccccc1. The van der Waals surface area contributed by atoms with E-state index in [1.165, 1.54) is 6.07 Å². The highest BCUT2D eigenvalue weighted by Crippen LogP contribution is 2.32. The number of carbonyl (C=O) groups excluding carboxylic acids is 1. The second-order valence-corrected chi connectivity index (χ2v) is 4.47. The van der Waals surface area contributed by atoms with Crippen molar-refractivity contribution >= 4 is 11.8 Å². The molecule has 0 saturated carbocycles. The van der Waals surface area contributed by atoms with Gasteiger partial charge in [-0.25, -0.2) is 4.79 Å². The molecule has 0 saturated heterocycles. The lowest BCUT2D eigenvalue weighted by Crippen LogP contribution is -2.15. The Labute approximate surface area is 128 Å². The average molecular weight is 300 g/mol. The van der Waals surface area contributed by atoms with Crippen LogP contribution in [0.1, 0.15) is 22.8 Å². The van der Waals surface area contributed by atoms with Crippen molar-refractivity contribution in [2.75, 3.05) is 6.61 Å². The predicted octanol–water partition coefficient (Wildman–Crippen LogP) is 2.93. The summed E-state index contributed by atoms with van der Waals surface area (Å²) in [5, 5.41) is 8.92. The number of Topliss-reactive ketones (excluding diaryl/α,β-unsaturated/α-hetero) is 1. The predicted molar refractivity (Wildman–Crippen MR) is 80.4 cm³/mol. The van der Waals surface area contributed by atoms with Gasteiger partial charge in [0.25, 0.3) is 5.78 Å². The molecule has 0 fully saturated rings. The van der Waals surface area contributed by atoms with Gasteiger partial charge in [-0.05, 0) is 24.6 Å². The molecule has 2 aromatic rings. The van der Waals surface area contributed by atoms with E-state index >= 15 is 0 Å². The maximum Gasteiger partial charge on any atom is 0.377 e. The molecular formula is C17H16O5. The molecule has 114 valence electrons. The van der Waals surface area contributed by atoms with Gasteiger partial charge in [0.05, 0.1) is 12.2 Å². The molecule has 0 aliphatic heterocycles. The van der Waals surface area contributed by atoms with Gasteiger partial charge in [0.2, 0.25) is 0 Å². The zero-order valence-corrected chi connectivity index (χ0v) is 12.1. The van der Waals surface area contributed by atoms with Crippen LogP contribution in [0.4, 0.5) is 0 Å². The van der Waals surface area contributed by atoms with Crippen molar-refractivity contribution in [3.05, 3.63) is 59.7 Å². The first kappa shape index (κ1) is 15.6. The molecule has 5 heteroatoms. The minimum Gasteiger partial charge on any atom is -0.490 e. The smallest absolute Gasteiger partial charge is 0.377 e. The fourth-order valence-corrected chi connectivity index (χ4v) is 1.96. The fraction of sp³-hybridized carbons (Fsp3) is 0.176. The van der Waals surface area contributed by atoms with E-state index in [4.69, 9.17) is 14.6 Å². The standard InChI is InChI=1S/C17H16O5/c1-2-21-14-10-6-9-13(15(18)17(19)20)16(14)22-11-12-7-4-3-5-8-12/h3-10H,2,11H2,1H3,(H,19,20). The van der Waals surface area contributed by atoms with E-state index in [9.17, 15) is 9.59 Å². The van der Waals surface area contributed by atoms with Gasteiger partial charge in [-0.3, -0.25) is 4.79 Å². The molecule has 1 N–H and O–H groups in total. The van der Waals surface area contributed by atoms with Crippen molar-refractivity contribution in [2.24, 2.45) is 0 Å². The van der Waals surface area contributed by atoms with E-state index in [1.54, 1.807) is 19.1 Å². The maximum absolute atomic E-state index is 11.8. The number of benzene rings is 2. The zero-order valence-electron chi connectivity index (χ0n) is 12.1. The van der Waals surface area contributed by atoms with Crippen molar-refractivity contribution in [1.82, 2.24) is 0 Å². The number of ether oxygens (including phenoxy) is 2. The van der Waals surface area contributed by atoms with Crippen molar-refractivity contribution < 1.29 is 24.2 Å². The van der Waals surface area contributed by atoms with Crippen molar-refractivity contribution in [1.29, 1.82) is 0 Å². The Hall–Kier alpha value is -2.82. The van der Waals surface area contributed by atoms with Gasteiger partial charge in [0, 0.05) is 0 Å². The third-order valence-corrected chi connectivity index (χ3v) is 2.94. The van der Waals surface area contributed by atoms with E-state index in [1.807, 2.05) is 30.3 Å². The second-order valence-electron chi connectivity index (χ2n) is 4.47. The Morgan fingerprint density at radius 3 is 2.36 bits per heavy atom. The summed E-state index contributed by atoms with van der Waals surface area (Å²) in [6, 6.07) is 14.0. The minimum absolute atomic E-state index is 0.0191. The molecule has 0 spiro atoms. The molecule has 5 nitrogen and oxygen atoms in total. The molecule has 22 heavy (non-hydrogen) atoms. The fourth-order valence-electron chi connectivity index (χ4n) is 1.96. The molecule has 0 radical (unpaired) electrons. The number of rotatable bonds is 7. The van der Waals surface area contributed by atoms with Gasteiger partial charge < -0.3 is 14.6 Å². The van der Waals surface area contributed by atoms with Gasteiger partial charge in [-0.2, -0.15) is 0 Å². The highest BCUT2D eigenvalue weighted by atomic mass is 16.5. The lowest BCUT2D eigenvalue weighted by Gasteiger charge is -2.14. The summed E-state index contributed by atoms with van der Waals surface area (Å²) in [5.74, 6) is -2.05. The molecular weight excluding hydrogens is 284 g/mol. The third-order valence-electron chi connectivity index (χ3n) is 2.94. The number of para-hydroxylation sites is 1. The van der Waals surface area contributed by atoms with Crippen LogP contribution in [-0.4, -0.2) is 23.5 Å². The molecule has 0 amide bonds. The summed E-state index contributed by atoms with van der Waals surface area (Å²) in [5.41, 5.74) is 0.886. The van der Waals surface area contributed by atoms with E-state index < -0.39 is 11.8 Å². The van der Waals surface area contributed by atoms with E-state index in [-0.39, 0.29) is 17.9 Å². The Balaban J connectivity index is 2.33. The van der Waals surface area contributed by atoms with Gasteiger partial charge in [0.1, 0.15) is 6.61 Å². The van der Waals surface area contributed by atoms with E-state index in [0.29, 0.717) is 12.4 Å². The number of carboxylic acid groups (broad SMARTS) is 1. The second kappa shape index (κ2) is 7.26. The van der Waals surface area contributed by atoms with Gasteiger partial charge >= 0.3 is 5.97 Å². The van der Waals surface area contributed by atoms with Gasteiger partial charge in [-0.15, -0.1) is 0 Å². The number of ketones is 1. The Morgan fingerprint density at radius 1 is 1.00 bits per heavy atom. The lowest BCUT2D eigenvalue weighted by molar-refractivity contribution is -0.131. The average Bonchev–Trinajstić information content (AvgIpc) is 2.54. The van der Waals surface area contributed by atoms with Crippen LogP contribution in [0, 0.1) is 0 Å². The lowest BCUT2D eigenvalue weighted by atomic mass is 10.1. The number of carbonyl (C=O) groups is 2. The molecule has 0 aromatic heterocycles. The van der Waals surface area contributed by atoms with Crippen LogP contribution >= 0.6 is 0 Å². The van der Waals surface area contributed by atoms with Gasteiger partial charge in [0.15, 0.2) is 11.5 Å². The Kier molecular flexibility index (Phi) is 5.14. The van der Waals surface area contributed by atoms with Crippen LogP contribution in [0.5, 0.6) is 11.5 Å². The highest BCUT2D eigenvalue weighted by molar-refractivity contribution is 6.40. The molecule has 2 rings (SSSR count). The molecule has 0 aliphatic rings. The first-order valence-electron chi connectivity index (χ1n) is 6.83. The monoisotopic (exact) mass is 300 g/mol. The van der Waals surface area contributed by atoms with Crippen LogP contribution in [0.25, 0.3) is 0 Å². The van der Waals surface area contributed by atoms with Crippen LogP contribution in [0.3, 0.4) is 0 Å². The van der Waals surface area contributed by atoms with E-state index in [2.05, 4.69) is 0 Å². The third kappa shape index (κ3) is 3.63. The van der Waals surface area contributed by atoms with Crippen molar-refractivity contribution in [3.63, 3.8) is 0 Å². The van der Waals surface area contributed by atoms with Crippen LogP contribution in [-0.2, 0) is 11.4 Å². The largest absolute Gasteiger partial charge is 0.490 e. The Morgan fingerprint density at radius 2 is 1.73 bits per heavy atom. The quantitative estimate of drug-likeness (QED) is 0.628. The summed E-state index contributed by atoms with van der Waals surface area (Å²) < 4.78 is 11.1. The molecule has 0 bridgehead atoms. The maximum atomic E-state index is 11.8. The first-order valence-corrected chi connectivity index (χ1v) is 6.83. The van der Waals surface area contributed by atoms with Crippen molar-refractivity contribution in [3.8, 4) is 11.5 Å². The van der Waals surface area contributed by atoms with Crippen LogP contribution in [0.15, 0.2) is 48.5 Å². The summed E-state index contributed by atoms with van der Waals surface area (Å²) in [6.45, 7) is 2.39. The van der Waals surface area contributed by atoms with Gasteiger partial charge in [-0.1, -0.05) is 36.4 Å². The van der Waals surface area contributed by atoms with E-state index in [0.717, 1.165) is 5.56 Å². The minimum atomic E-state index is -1.53. The molecule has 0 aliphatic carbocycles. The van der Waals surface area contributed by atoms with Crippen molar-refractivity contribution in [2.45, 2.75) is 13.5 Å². The zero-order chi connectivity index (χ0) is 15.9. The topological polar surface area (TPSA) is 72.8 Å². The number of aliphatic carboxylic acids is 1. The highest BCUT2D eigenvalue weighted by Gasteiger charge is 2.22. The molecule has 2 aromatic carbocycles. The Bertz CT molecular complexity index is 664. The summed E-state index contributed by atoms with van der Waals surface area (Å²) >= 11 is 0. The number of hydrogen-bond donors (Lipinski definition) is 1. The number of hydrogen-bond acceptors (Lipinski definition) is 4. The first-order chi connectivity index (χ1) is 10.6. The van der Waals surface area contributed by atoms with Crippen LogP contribution < -0.4 is 9.47 Å². The summed E-state index contributed by atoms with van der Waals surface area (Å²) in [4.78, 5) is 22.7. The molecule has 0 heterocycles. The molecule has 0 atom stereocenters. The summed E-state index contributed by atoms with van der Waals surface area (Å²) in [6.07, 6.45) is 0. The normalized spacial score (nSPS) is 10.0. The molecule has 0 unspecified atom stereocenters. The summed E-state index contributed by atoms with van der Waals surface area (Å²) in [7, 11) is 0. The van der Waals surface area contributed by atoms with Crippen LogP contribution in [0.2, 0.25) is 0 Å².